The molecule has 0 aliphatic carbocycles. The van der Waals surface area contributed by atoms with Crippen molar-refractivity contribution in [2.24, 2.45) is 23.1 Å². The molecule has 121 heavy (non-hydrogen) atoms. The number of hydrogen-bond donors (Lipinski definition) is 20. The van der Waals surface area contributed by atoms with Gasteiger partial charge in [0.1, 0.15) is 72.5 Å². The number of nitrogens with one attached hydrogen (secondary N) is 14. The fourth-order valence-electron chi connectivity index (χ4n) is 14.0. The first-order valence-corrected chi connectivity index (χ1v) is 40.7. The third kappa shape index (κ3) is 28.7. The maximum absolute atomic E-state index is 15.5. The number of carboxylic acid groups (broad SMARTS) is 1. The average molecular weight is 1710 g/mol. The highest BCUT2D eigenvalue weighted by atomic mass is 32.1. The number of nitrogens with zero attached hydrogens (tertiary/aromatic N) is 6. The number of guanidine groups is 1. The molecule has 0 bridgehead atoms. The van der Waals surface area contributed by atoms with E-state index in [0.717, 1.165) is 21.7 Å². The van der Waals surface area contributed by atoms with E-state index in [-0.39, 0.29) is 94.9 Å². The van der Waals surface area contributed by atoms with Crippen LogP contribution in [0.4, 0.5) is 4.79 Å². The summed E-state index contributed by atoms with van der Waals surface area (Å²) >= 11 is 4.21. The van der Waals surface area contributed by atoms with Gasteiger partial charge in [0.25, 0.3) is 0 Å². The molecule has 16 amide bonds. The lowest BCUT2D eigenvalue weighted by molar-refractivity contribution is -0.149. The Hall–Kier alpha value is -12.4. The molecule has 3 aromatic heterocycles. The second-order valence-electron chi connectivity index (χ2n) is 30.5. The maximum atomic E-state index is 15.5. The number of fused-ring (bicyclic) bond motifs is 2. The van der Waals surface area contributed by atoms with Gasteiger partial charge in [-0.3, -0.25) is 82.2 Å². The summed E-state index contributed by atoms with van der Waals surface area (Å²) in [6.07, 6.45) is 5.53. The Bertz CT molecular complexity index is 4460. The van der Waals surface area contributed by atoms with Gasteiger partial charge in [-0.1, -0.05) is 89.8 Å². The van der Waals surface area contributed by atoms with E-state index in [0.29, 0.717) is 69.2 Å². The van der Waals surface area contributed by atoms with Gasteiger partial charge in [-0.25, -0.2) is 9.78 Å². The molecule has 12 atom stereocenters. The molecule has 41 nitrogen and oxygen atoms in total. The summed E-state index contributed by atoms with van der Waals surface area (Å²) in [5.41, 5.74) is 18.9. The molecule has 6 rings (SSSR count). The van der Waals surface area contributed by atoms with Crippen molar-refractivity contribution in [2.45, 2.75) is 203 Å². The van der Waals surface area contributed by atoms with Crippen molar-refractivity contribution >= 4 is 135 Å². The van der Waals surface area contributed by atoms with Crippen molar-refractivity contribution < 1.29 is 86.9 Å². The van der Waals surface area contributed by atoms with Gasteiger partial charge in [0.2, 0.25) is 88.6 Å². The van der Waals surface area contributed by atoms with Crippen molar-refractivity contribution in [3.8, 4) is 0 Å². The fourth-order valence-corrected chi connectivity index (χ4v) is 14.2. The normalized spacial score (nSPS) is 15.2. The van der Waals surface area contributed by atoms with Crippen LogP contribution in [0.2, 0.25) is 0 Å². The smallest absolute Gasteiger partial charge is 0.407 e. The molecule has 22 N–H and O–H groups in total. The summed E-state index contributed by atoms with van der Waals surface area (Å²) < 4.78 is 0. The number of hydrogen-bond acceptors (Lipinski definition) is 20. The molecule has 1 aliphatic heterocycles. The molecule has 5 aromatic rings. The monoisotopic (exact) mass is 1710 g/mol. The highest BCUT2D eigenvalue weighted by Crippen LogP contribution is 2.25. The van der Waals surface area contributed by atoms with Crippen molar-refractivity contribution in [1.29, 1.82) is 5.41 Å². The largest absolute Gasteiger partial charge is 0.465 e. The van der Waals surface area contributed by atoms with E-state index in [1.54, 1.807) is 74.8 Å². The summed E-state index contributed by atoms with van der Waals surface area (Å²) in [5.74, 6) is -13.9. The van der Waals surface area contributed by atoms with E-state index in [2.05, 4.69) is 85.7 Å². The molecule has 0 unspecified atom stereocenters. The summed E-state index contributed by atoms with van der Waals surface area (Å²) in [7, 11) is 5.15. The highest BCUT2D eigenvalue weighted by Gasteiger charge is 2.43. The number of H-pyrrole nitrogens is 3. The predicted molar refractivity (Wildman–Crippen MR) is 447 cm³/mol. The van der Waals surface area contributed by atoms with Crippen LogP contribution in [-0.2, 0) is 91.2 Å². The number of amides is 16. The molecule has 1 saturated heterocycles. The lowest BCUT2D eigenvalue weighted by Gasteiger charge is -2.36. The zero-order valence-electron chi connectivity index (χ0n) is 69.6. The summed E-state index contributed by atoms with van der Waals surface area (Å²) in [6, 6.07) is -3.01. The van der Waals surface area contributed by atoms with E-state index in [9.17, 15) is 77.3 Å². The summed E-state index contributed by atoms with van der Waals surface area (Å²) in [5, 5.41) is 55.5. The Balaban J connectivity index is 1.24. The minimum Gasteiger partial charge on any atom is -0.465 e. The van der Waals surface area contributed by atoms with Crippen molar-refractivity contribution in [3.05, 3.63) is 90.3 Å². The minimum atomic E-state index is -1.84. The number of likely N-dealkylation sites (tertiary alicyclic amines) is 1. The standard InChI is InChI=1S/C79H117N23O18S/c1-10-12-25-60(72(113)91-52(24-18-28-85-78(82)83)68(109)97-59(41-121)67(108)88-38-64(81)105)100(8)77(118)62(26-13-11-2)101(9)75(116)56(32-46-36-87-51-23-17-15-21-49(46)51)95-71(112)58(40-103)96-69(110)53(31-45-35-86-50-22-16-14-20-48(45)50)90-65(106)39-98(6)74(115)55(30-43(3)4)94-70(111)54(33-47-37-84-42-89-47)92-73(114)61-27-19-29-102(61)76(117)57(34-63(80)104)93-66(107)44(5)99(7)79(119)120/h14-17,20-23,35-37,42-44,52-62,86-87,103,121H,10-13,18-19,24-34,38-41H2,1-9H3,(H2,80,104)(H2,81,105)(H,84,89)(H,88,108)(H,90,106)(H,91,113)(H,92,114)(H,93,107)(H,94,111)(H,95,112)(H,96,110)(H,97,109)(H,119,120)(H4,82,83,85)/t44-,52-,53-,54-,55-,56-,57-,58-,59-,60-,61-,62-/m0/s1. The van der Waals surface area contributed by atoms with Gasteiger partial charge in [-0.2, -0.15) is 12.6 Å². The van der Waals surface area contributed by atoms with Gasteiger partial charge in [-0.05, 0) is 81.0 Å². The topological polar surface area (TPSA) is 612 Å². The summed E-state index contributed by atoms with van der Waals surface area (Å²) in [4.78, 5) is 242. The molecule has 0 radical (unpaired) electrons. The van der Waals surface area contributed by atoms with Crippen LogP contribution in [0.5, 0.6) is 0 Å². The first-order chi connectivity index (χ1) is 57.4. The molecule has 662 valence electrons. The second-order valence-corrected chi connectivity index (χ2v) is 30.8. The second kappa shape index (κ2) is 47.4. The van der Waals surface area contributed by atoms with Crippen LogP contribution in [0.25, 0.3) is 21.8 Å². The quantitative estimate of drug-likeness (QED) is 0.00826. The van der Waals surface area contributed by atoms with Crippen molar-refractivity contribution in [1.82, 2.24) is 97.6 Å². The Morgan fingerprint density at radius 2 is 1.12 bits per heavy atom. The molecular weight excluding hydrogens is 1590 g/mol. The molecular formula is C79H117N23O18S. The number of carbonyl (C=O) groups is 16. The Morgan fingerprint density at radius 1 is 0.579 bits per heavy atom. The molecule has 42 heteroatoms. The van der Waals surface area contributed by atoms with Gasteiger partial charge < -0.3 is 115 Å². The van der Waals surface area contributed by atoms with E-state index >= 15 is 9.59 Å². The van der Waals surface area contributed by atoms with E-state index < -0.39 is 193 Å². The lowest BCUT2D eigenvalue weighted by atomic mass is 10.00. The van der Waals surface area contributed by atoms with Gasteiger partial charge in [0, 0.05) is 112 Å². The van der Waals surface area contributed by atoms with E-state index in [1.165, 1.54) is 45.5 Å². The number of rotatable bonds is 49. The number of aliphatic hydroxyl groups excluding tert-OH is 1. The number of para-hydroxylation sites is 2. The molecule has 4 heterocycles. The van der Waals surface area contributed by atoms with Crippen LogP contribution in [0.15, 0.2) is 73.4 Å². The van der Waals surface area contributed by atoms with Gasteiger partial charge in [-0.15, -0.1) is 0 Å². The zero-order valence-corrected chi connectivity index (χ0v) is 70.5. The first kappa shape index (κ1) is 97.5. The molecule has 1 aliphatic rings. The minimum absolute atomic E-state index is 0.0150. The molecule has 1 fully saturated rings. The third-order valence-electron chi connectivity index (χ3n) is 20.8. The third-order valence-corrected chi connectivity index (χ3v) is 21.2. The Kier molecular flexibility index (Phi) is 38.2. The molecule has 0 spiro atoms. The Labute approximate surface area is 705 Å². The number of benzene rings is 2. The van der Waals surface area contributed by atoms with Gasteiger partial charge >= 0.3 is 6.09 Å². The Morgan fingerprint density at radius 3 is 1.67 bits per heavy atom. The van der Waals surface area contributed by atoms with Gasteiger partial charge in [0.05, 0.1) is 32.4 Å². The lowest BCUT2D eigenvalue weighted by Crippen LogP contribution is -2.61. The van der Waals surface area contributed by atoms with Crippen molar-refractivity contribution in [2.75, 3.05) is 66.7 Å². The molecule has 0 saturated carbocycles. The van der Waals surface area contributed by atoms with Crippen LogP contribution in [0.3, 0.4) is 0 Å². The van der Waals surface area contributed by atoms with E-state index in [4.69, 9.17) is 22.6 Å². The van der Waals surface area contributed by atoms with Crippen LogP contribution in [-0.4, -0.2) is 295 Å². The molecule has 2 aromatic carbocycles. The van der Waals surface area contributed by atoms with Gasteiger partial charge in [0.15, 0.2) is 5.96 Å². The maximum Gasteiger partial charge on any atom is 0.407 e. The average Bonchev–Trinajstić information content (AvgIpc) is 1.79. The zero-order chi connectivity index (χ0) is 89.5. The predicted octanol–water partition coefficient (Wildman–Crippen LogP) is -2.53. The summed E-state index contributed by atoms with van der Waals surface area (Å²) in [6.45, 7) is 6.24. The highest BCUT2D eigenvalue weighted by molar-refractivity contribution is 7.80. The number of nitrogens with two attached hydrogens (primary N) is 3. The number of thiol groups is 1. The number of aromatic amines is 3. The number of aromatic nitrogens is 4. The number of likely N-dealkylation sites (N-methyl/N-ethyl adjacent to an activating group) is 4. The van der Waals surface area contributed by atoms with Crippen LogP contribution < -0.4 is 70.4 Å². The first-order valence-electron chi connectivity index (χ1n) is 40.1. The fraction of sp³-hybridized carbons (Fsp3) is 0.544. The number of imidazole rings is 1. The van der Waals surface area contributed by atoms with Crippen molar-refractivity contribution in [3.63, 3.8) is 0 Å². The number of primary amides is 2. The van der Waals surface area contributed by atoms with E-state index in [1.807, 2.05) is 13.8 Å². The van der Waals surface area contributed by atoms with Crippen LogP contribution in [0.1, 0.15) is 128 Å². The SMILES string of the molecule is CCCC[C@@H](C(=O)N(C)[C@@H](CCCC)C(=O)N[C@@H](CCCNC(=N)N)C(=O)N[C@@H](CS)C(=O)NCC(N)=O)N(C)C(=O)[C@H](Cc1c[nH]c2ccccc12)NC(=O)[C@H](CO)NC(=O)[C@H](Cc1c[nH]c2ccccc12)NC(=O)CN(C)C(=O)[C@H](CC(C)C)NC(=O)[C@H](Cc1cnc[nH]1)NC(=O)[C@@H]1CCCN1C(=O)[C@H](CC(N)=O)NC(=O)[C@H](C)N(C)C(=O)O. The number of aliphatic hydroxyl groups is 1. The number of unbranched alkanes of at least 4 members (excludes halogenated alkanes) is 2. The van der Waals surface area contributed by atoms with Crippen LogP contribution in [0, 0.1) is 11.3 Å². The van der Waals surface area contributed by atoms with Crippen LogP contribution >= 0.6 is 12.6 Å². The number of carbonyl (C=O) groups excluding carboxylic acids is 15.